The maximum absolute atomic E-state index is 12.3. The van der Waals surface area contributed by atoms with E-state index in [0.717, 1.165) is 32.4 Å². The van der Waals surface area contributed by atoms with Gasteiger partial charge in [0.15, 0.2) is 0 Å². The van der Waals surface area contributed by atoms with Crippen LogP contribution in [0.15, 0.2) is 24.3 Å². The van der Waals surface area contributed by atoms with Crippen molar-refractivity contribution in [2.24, 2.45) is 5.92 Å². The molecule has 3 rings (SSSR count). The molecule has 0 spiro atoms. The minimum absolute atomic E-state index is 0.192. The van der Waals surface area contributed by atoms with Crippen LogP contribution in [-0.4, -0.2) is 41.6 Å². The summed E-state index contributed by atoms with van der Waals surface area (Å²) in [5.41, 5.74) is 1.30. The van der Waals surface area contributed by atoms with Gasteiger partial charge in [0.25, 0.3) is 0 Å². The second kappa shape index (κ2) is 8.02. The molecule has 24 heavy (non-hydrogen) atoms. The summed E-state index contributed by atoms with van der Waals surface area (Å²) in [6.45, 7) is 4.73. The predicted molar refractivity (Wildman–Crippen MR) is 96.1 cm³/mol. The summed E-state index contributed by atoms with van der Waals surface area (Å²) >= 11 is 0. The first-order chi connectivity index (χ1) is 11.6. The fourth-order valence-corrected chi connectivity index (χ4v) is 4.16. The van der Waals surface area contributed by atoms with Gasteiger partial charge < -0.3 is 10.4 Å². The molecule has 0 aromatic heterocycles. The Morgan fingerprint density at radius 3 is 2.46 bits per heavy atom. The van der Waals surface area contributed by atoms with Crippen LogP contribution >= 0.6 is 0 Å². The third-order valence-corrected chi connectivity index (χ3v) is 5.78. The van der Waals surface area contributed by atoms with Crippen molar-refractivity contribution in [3.63, 3.8) is 0 Å². The van der Waals surface area contributed by atoms with Gasteiger partial charge in [-0.15, -0.1) is 0 Å². The number of likely N-dealkylation sites (tertiary alicyclic amines) is 1. The van der Waals surface area contributed by atoms with E-state index < -0.39 is 0 Å². The first kappa shape index (κ1) is 17.3. The molecule has 2 N–H and O–H groups in total. The molecule has 2 fully saturated rings. The number of phenols is 1. The molecule has 1 amide bonds. The summed E-state index contributed by atoms with van der Waals surface area (Å²) in [6.07, 6.45) is 7.08. The van der Waals surface area contributed by atoms with E-state index in [9.17, 15) is 9.90 Å². The van der Waals surface area contributed by atoms with E-state index in [-0.39, 0.29) is 5.91 Å². The minimum Gasteiger partial charge on any atom is -0.508 e. The average molecular weight is 330 g/mol. The average Bonchev–Trinajstić information content (AvgIpc) is 2.58. The van der Waals surface area contributed by atoms with Gasteiger partial charge in [-0.05, 0) is 68.3 Å². The summed E-state index contributed by atoms with van der Waals surface area (Å²) in [5, 5.41) is 12.7. The molecule has 0 radical (unpaired) electrons. The fraction of sp³-hybridized carbons (Fsp3) is 0.650. The number of piperidine rings is 1. The lowest BCUT2D eigenvalue weighted by Gasteiger charge is -2.33. The van der Waals surface area contributed by atoms with Gasteiger partial charge in [0.2, 0.25) is 5.91 Å². The second-order valence-corrected chi connectivity index (χ2v) is 7.58. The van der Waals surface area contributed by atoms with E-state index in [2.05, 4.69) is 17.1 Å². The molecular formula is C20H30N2O2. The highest BCUT2D eigenvalue weighted by molar-refractivity contribution is 5.78. The van der Waals surface area contributed by atoms with Gasteiger partial charge in [-0.3, -0.25) is 9.69 Å². The third kappa shape index (κ3) is 4.50. The van der Waals surface area contributed by atoms with Crippen molar-refractivity contribution in [3.05, 3.63) is 29.8 Å². The topological polar surface area (TPSA) is 52.6 Å². The lowest BCUT2D eigenvalue weighted by Crippen LogP contribution is -2.47. The van der Waals surface area contributed by atoms with Gasteiger partial charge >= 0.3 is 0 Å². The SMILES string of the molecule is C[C@H]1CCCC[C@H]1NC(=O)CN1CCC(c2ccc(O)cc2)CC1. The molecule has 0 bridgehead atoms. The van der Waals surface area contributed by atoms with Gasteiger partial charge in [-0.2, -0.15) is 0 Å². The molecule has 1 aliphatic carbocycles. The molecule has 1 aliphatic heterocycles. The highest BCUT2D eigenvalue weighted by Gasteiger charge is 2.25. The maximum atomic E-state index is 12.3. The molecule has 1 saturated carbocycles. The van der Waals surface area contributed by atoms with Crippen LogP contribution in [0.3, 0.4) is 0 Å². The standard InChI is InChI=1S/C20H30N2O2/c1-15-4-2-3-5-19(15)21-20(24)14-22-12-10-17(11-13-22)16-6-8-18(23)9-7-16/h6-9,15,17,19,23H,2-5,10-14H2,1H3,(H,21,24)/t15-,19+/m0/s1. The summed E-state index contributed by atoms with van der Waals surface area (Å²) in [7, 11) is 0. The summed E-state index contributed by atoms with van der Waals surface area (Å²) < 4.78 is 0. The predicted octanol–water partition coefficient (Wildman–Crippen LogP) is 3.27. The lowest BCUT2D eigenvalue weighted by atomic mass is 9.86. The molecule has 132 valence electrons. The van der Waals surface area contributed by atoms with Crippen LogP contribution in [0, 0.1) is 5.92 Å². The van der Waals surface area contributed by atoms with E-state index in [1.165, 1.54) is 24.8 Å². The Morgan fingerprint density at radius 2 is 1.79 bits per heavy atom. The highest BCUT2D eigenvalue weighted by atomic mass is 16.3. The quantitative estimate of drug-likeness (QED) is 0.891. The number of amides is 1. The van der Waals surface area contributed by atoms with Crippen LogP contribution < -0.4 is 5.32 Å². The zero-order valence-electron chi connectivity index (χ0n) is 14.7. The van der Waals surface area contributed by atoms with Gasteiger partial charge in [0.05, 0.1) is 6.54 Å². The van der Waals surface area contributed by atoms with Crippen molar-refractivity contribution in [3.8, 4) is 5.75 Å². The minimum atomic E-state index is 0.192. The number of nitrogens with zero attached hydrogens (tertiary/aromatic N) is 1. The van der Waals surface area contributed by atoms with E-state index in [0.29, 0.717) is 30.2 Å². The molecule has 4 heteroatoms. The maximum Gasteiger partial charge on any atom is 0.234 e. The van der Waals surface area contributed by atoms with E-state index in [1.54, 1.807) is 12.1 Å². The molecular weight excluding hydrogens is 300 g/mol. The molecule has 2 atom stereocenters. The molecule has 1 heterocycles. The third-order valence-electron chi connectivity index (χ3n) is 5.78. The van der Waals surface area contributed by atoms with Crippen molar-refractivity contribution in [1.29, 1.82) is 0 Å². The largest absolute Gasteiger partial charge is 0.508 e. The van der Waals surface area contributed by atoms with Crippen molar-refractivity contribution >= 4 is 5.91 Å². The number of aromatic hydroxyl groups is 1. The zero-order valence-corrected chi connectivity index (χ0v) is 14.7. The summed E-state index contributed by atoms with van der Waals surface area (Å²) in [6, 6.07) is 7.95. The van der Waals surface area contributed by atoms with Crippen LogP contribution in [0.25, 0.3) is 0 Å². The number of nitrogens with one attached hydrogen (secondary N) is 1. The molecule has 1 saturated heterocycles. The monoisotopic (exact) mass is 330 g/mol. The normalized spacial score (nSPS) is 26.2. The number of rotatable bonds is 4. The van der Waals surface area contributed by atoms with Crippen LogP contribution in [0.1, 0.15) is 56.9 Å². The second-order valence-electron chi connectivity index (χ2n) is 7.58. The van der Waals surface area contributed by atoms with Gasteiger partial charge in [-0.1, -0.05) is 31.9 Å². The van der Waals surface area contributed by atoms with E-state index >= 15 is 0 Å². The van der Waals surface area contributed by atoms with Crippen molar-refractivity contribution in [2.75, 3.05) is 19.6 Å². The van der Waals surface area contributed by atoms with Crippen molar-refractivity contribution < 1.29 is 9.90 Å². The lowest BCUT2D eigenvalue weighted by molar-refractivity contribution is -0.123. The molecule has 4 nitrogen and oxygen atoms in total. The first-order valence-corrected chi connectivity index (χ1v) is 9.42. The number of carbonyl (C=O) groups is 1. The molecule has 1 aromatic rings. The number of carbonyl (C=O) groups excluding carboxylic acids is 1. The van der Waals surface area contributed by atoms with Crippen molar-refractivity contribution in [1.82, 2.24) is 10.2 Å². The number of hydrogen-bond acceptors (Lipinski definition) is 3. The Morgan fingerprint density at radius 1 is 1.12 bits per heavy atom. The van der Waals surface area contributed by atoms with Gasteiger partial charge in [0.1, 0.15) is 5.75 Å². The Bertz CT molecular complexity index is 535. The van der Waals surface area contributed by atoms with Crippen LogP contribution in [0.4, 0.5) is 0 Å². The van der Waals surface area contributed by atoms with Crippen LogP contribution in [0.2, 0.25) is 0 Å². The number of benzene rings is 1. The van der Waals surface area contributed by atoms with E-state index in [4.69, 9.17) is 0 Å². The first-order valence-electron chi connectivity index (χ1n) is 9.42. The highest BCUT2D eigenvalue weighted by Crippen LogP contribution is 2.29. The fourth-order valence-electron chi connectivity index (χ4n) is 4.16. The van der Waals surface area contributed by atoms with Crippen molar-refractivity contribution in [2.45, 2.75) is 57.4 Å². The van der Waals surface area contributed by atoms with Gasteiger partial charge in [-0.25, -0.2) is 0 Å². The smallest absolute Gasteiger partial charge is 0.234 e. The van der Waals surface area contributed by atoms with Crippen LogP contribution in [0.5, 0.6) is 5.75 Å². The number of phenolic OH excluding ortho intramolecular Hbond substituents is 1. The molecule has 1 aromatic carbocycles. The van der Waals surface area contributed by atoms with E-state index in [1.807, 2.05) is 12.1 Å². The Kier molecular flexibility index (Phi) is 5.77. The molecule has 0 unspecified atom stereocenters. The Hall–Kier alpha value is -1.55. The van der Waals surface area contributed by atoms with Crippen LogP contribution in [-0.2, 0) is 4.79 Å². The van der Waals surface area contributed by atoms with Gasteiger partial charge in [0, 0.05) is 6.04 Å². The Labute approximate surface area is 145 Å². The number of hydrogen-bond donors (Lipinski definition) is 2. The molecule has 2 aliphatic rings. The zero-order chi connectivity index (χ0) is 16.9. The Balaban J connectivity index is 1.43. The summed E-state index contributed by atoms with van der Waals surface area (Å²) in [5.74, 6) is 1.67. The summed E-state index contributed by atoms with van der Waals surface area (Å²) in [4.78, 5) is 14.6.